The fourth-order valence-corrected chi connectivity index (χ4v) is 10.9. The summed E-state index contributed by atoms with van der Waals surface area (Å²) < 4.78 is 0. The maximum absolute atomic E-state index is 2.45. The number of hydrogen-bond acceptors (Lipinski definition) is 2. The van der Waals surface area contributed by atoms with Gasteiger partial charge < -0.3 is 9.80 Å². The monoisotopic (exact) mass is 896 g/mol. The molecule has 0 radical (unpaired) electrons. The van der Waals surface area contributed by atoms with Gasteiger partial charge in [0.05, 0.1) is 5.41 Å². The molecule has 0 N–H and O–H groups in total. The van der Waals surface area contributed by atoms with Crippen molar-refractivity contribution < 1.29 is 0 Å². The highest BCUT2D eigenvalue weighted by Gasteiger charge is 2.51. The van der Waals surface area contributed by atoms with Crippen LogP contribution in [0, 0.1) is 20.8 Å². The molecular formula is C68H52N2. The van der Waals surface area contributed by atoms with Crippen LogP contribution in [0.15, 0.2) is 237 Å². The highest BCUT2D eigenvalue weighted by molar-refractivity contribution is 5.96. The predicted octanol–water partition coefficient (Wildman–Crippen LogP) is 18.2. The van der Waals surface area contributed by atoms with Crippen LogP contribution in [0.25, 0.3) is 46.6 Å². The van der Waals surface area contributed by atoms with Gasteiger partial charge in [0.1, 0.15) is 0 Å². The van der Waals surface area contributed by atoms with Crippen LogP contribution in [0.2, 0.25) is 0 Å². The molecule has 1 spiro atoms. The SMILES string of the molecule is Cc1ccc(N(c2ccc(/C=C/c3ccc4c(c3)C3(c5ccccc5-c5ccccc53)c3cc(/C=C/c5ccc(N(c6ccccc6)c6ccccc6)cc5)ccc3-4)cc2)c2ccccc2C)cc1C. The van der Waals surface area contributed by atoms with Gasteiger partial charge in [-0.2, -0.15) is 0 Å². The minimum absolute atomic E-state index is 0.458. The normalized spacial score (nSPS) is 12.8. The Kier molecular flexibility index (Phi) is 10.8. The molecule has 0 fully saturated rings. The van der Waals surface area contributed by atoms with Crippen molar-refractivity contribution in [1.29, 1.82) is 0 Å². The Morgan fingerprint density at radius 1 is 0.271 bits per heavy atom. The quantitative estimate of drug-likeness (QED) is 0.126. The van der Waals surface area contributed by atoms with Crippen molar-refractivity contribution in [3.8, 4) is 22.3 Å². The summed E-state index contributed by atoms with van der Waals surface area (Å²) in [5.74, 6) is 0. The Morgan fingerprint density at radius 3 is 1.19 bits per heavy atom. The molecular weight excluding hydrogens is 845 g/mol. The third-order valence-corrected chi connectivity index (χ3v) is 14.5. The smallest absolute Gasteiger partial charge is 0.0725 e. The lowest BCUT2D eigenvalue weighted by atomic mass is 9.70. The van der Waals surface area contributed by atoms with E-state index in [1.54, 1.807) is 0 Å². The Balaban J connectivity index is 0.887. The molecule has 2 heteroatoms. The van der Waals surface area contributed by atoms with Crippen LogP contribution in [0.1, 0.15) is 61.2 Å². The molecule has 0 bridgehead atoms. The summed E-state index contributed by atoms with van der Waals surface area (Å²) in [6, 6.07) is 86.6. The topological polar surface area (TPSA) is 6.48 Å². The minimum Gasteiger partial charge on any atom is -0.311 e. The molecule has 0 saturated heterocycles. The van der Waals surface area contributed by atoms with Gasteiger partial charge in [-0.3, -0.25) is 0 Å². The summed E-state index contributed by atoms with van der Waals surface area (Å²) in [7, 11) is 0. The van der Waals surface area contributed by atoms with Crippen molar-refractivity contribution in [1.82, 2.24) is 0 Å². The lowest BCUT2D eigenvalue weighted by molar-refractivity contribution is 0.793. The zero-order valence-corrected chi connectivity index (χ0v) is 39.7. The van der Waals surface area contributed by atoms with Gasteiger partial charge in [0.15, 0.2) is 0 Å². The molecule has 10 aromatic rings. The average molecular weight is 897 g/mol. The second-order valence-electron chi connectivity index (χ2n) is 18.7. The molecule has 2 aliphatic rings. The molecule has 2 aliphatic carbocycles. The first-order valence-electron chi connectivity index (χ1n) is 24.3. The van der Waals surface area contributed by atoms with Crippen LogP contribution in [-0.4, -0.2) is 0 Å². The van der Waals surface area contributed by atoms with E-state index in [4.69, 9.17) is 0 Å². The zero-order valence-electron chi connectivity index (χ0n) is 39.7. The summed E-state index contributed by atoms with van der Waals surface area (Å²) in [5.41, 5.74) is 25.4. The van der Waals surface area contributed by atoms with Gasteiger partial charge >= 0.3 is 0 Å². The van der Waals surface area contributed by atoms with E-state index in [2.05, 4.69) is 291 Å². The van der Waals surface area contributed by atoms with Crippen LogP contribution in [0.3, 0.4) is 0 Å². The van der Waals surface area contributed by atoms with E-state index in [0.717, 1.165) is 39.6 Å². The summed E-state index contributed by atoms with van der Waals surface area (Å²) in [6.45, 7) is 6.55. The van der Waals surface area contributed by atoms with Crippen molar-refractivity contribution >= 4 is 58.4 Å². The number of fused-ring (bicyclic) bond motifs is 10. The first-order chi connectivity index (χ1) is 34.4. The molecule has 70 heavy (non-hydrogen) atoms. The van der Waals surface area contributed by atoms with E-state index in [1.165, 1.54) is 78.0 Å². The van der Waals surface area contributed by atoms with Crippen LogP contribution in [0.4, 0.5) is 34.1 Å². The molecule has 10 aromatic carbocycles. The Hall–Kier alpha value is -8.72. The number of benzene rings is 10. The van der Waals surface area contributed by atoms with Crippen LogP contribution in [-0.2, 0) is 5.41 Å². The zero-order chi connectivity index (χ0) is 47.2. The third kappa shape index (κ3) is 7.37. The first-order valence-corrected chi connectivity index (χ1v) is 24.3. The van der Waals surface area contributed by atoms with Gasteiger partial charge in [0.25, 0.3) is 0 Å². The van der Waals surface area contributed by atoms with Crippen molar-refractivity contribution in [3.63, 3.8) is 0 Å². The fraction of sp³-hybridized carbons (Fsp3) is 0.0588. The summed E-state index contributed by atoms with van der Waals surface area (Å²) in [6.07, 6.45) is 9.04. The van der Waals surface area contributed by atoms with E-state index in [9.17, 15) is 0 Å². The van der Waals surface area contributed by atoms with E-state index in [0.29, 0.717) is 0 Å². The van der Waals surface area contributed by atoms with Crippen molar-refractivity contribution in [2.75, 3.05) is 9.80 Å². The van der Waals surface area contributed by atoms with Crippen LogP contribution >= 0.6 is 0 Å². The number of nitrogens with zero attached hydrogens (tertiary/aromatic N) is 2. The molecule has 0 heterocycles. The lowest BCUT2D eigenvalue weighted by Crippen LogP contribution is -2.26. The Bertz CT molecular complexity index is 3530. The third-order valence-electron chi connectivity index (χ3n) is 14.5. The largest absolute Gasteiger partial charge is 0.311 e. The molecule has 334 valence electrons. The molecule has 0 unspecified atom stereocenters. The molecule has 0 aliphatic heterocycles. The van der Waals surface area contributed by atoms with Crippen LogP contribution < -0.4 is 9.80 Å². The summed E-state index contributed by atoms with van der Waals surface area (Å²) in [5, 5.41) is 0. The average Bonchev–Trinajstić information content (AvgIpc) is 3.87. The van der Waals surface area contributed by atoms with Crippen molar-refractivity contribution in [3.05, 3.63) is 298 Å². The maximum Gasteiger partial charge on any atom is 0.0725 e. The predicted molar refractivity (Wildman–Crippen MR) is 297 cm³/mol. The molecule has 12 rings (SSSR count). The molecule has 0 amide bonds. The van der Waals surface area contributed by atoms with E-state index < -0.39 is 5.41 Å². The van der Waals surface area contributed by atoms with E-state index >= 15 is 0 Å². The number of anilines is 6. The minimum atomic E-state index is -0.458. The second-order valence-corrected chi connectivity index (χ2v) is 18.7. The van der Waals surface area contributed by atoms with Gasteiger partial charge in [-0.05, 0) is 183 Å². The van der Waals surface area contributed by atoms with Gasteiger partial charge in [-0.1, -0.05) is 182 Å². The van der Waals surface area contributed by atoms with Gasteiger partial charge in [0, 0.05) is 34.1 Å². The van der Waals surface area contributed by atoms with Crippen molar-refractivity contribution in [2.24, 2.45) is 0 Å². The fourth-order valence-electron chi connectivity index (χ4n) is 10.9. The van der Waals surface area contributed by atoms with Gasteiger partial charge in [-0.15, -0.1) is 0 Å². The highest BCUT2D eigenvalue weighted by Crippen LogP contribution is 2.63. The molecule has 0 saturated carbocycles. The van der Waals surface area contributed by atoms with E-state index in [-0.39, 0.29) is 0 Å². The van der Waals surface area contributed by atoms with E-state index in [1.807, 2.05) is 0 Å². The molecule has 2 nitrogen and oxygen atoms in total. The maximum atomic E-state index is 2.45. The Labute approximate surface area is 412 Å². The second kappa shape index (κ2) is 17.7. The van der Waals surface area contributed by atoms with Gasteiger partial charge in [0.2, 0.25) is 0 Å². The molecule has 0 aromatic heterocycles. The number of para-hydroxylation sites is 3. The summed E-state index contributed by atoms with van der Waals surface area (Å²) >= 11 is 0. The number of hydrogen-bond donors (Lipinski definition) is 0. The summed E-state index contributed by atoms with van der Waals surface area (Å²) in [4.78, 5) is 4.67. The Morgan fingerprint density at radius 2 is 0.671 bits per heavy atom. The highest BCUT2D eigenvalue weighted by atomic mass is 15.1. The standard InChI is InChI=1S/C68H52N2/c1-47-26-37-58(44-49(47)3)70(67-25-15-10-16-48(67)2)57-40-33-51(34-41-57)28-30-53-36-43-62-61-42-35-52(45-65(61)68(66(62)46-53)63-23-13-11-21-59(63)60-22-12-14-24-64(60)68)29-27-50-31-38-56(39-32-50)69(54-17-6-4-7-18-54)55-19-8-5-9-20-55/h4-46H,1-3H3/b29-27+,30-28+. The van der Waals surface area contributed by atoms with Crippen molar-refractivity contribution in [2.45, 2.75) is 26.2 Å². The van der Waals surface area contributed by atoms with Crippen LogP contribution in [0.5, 0.6) is 0 Å². The molecule has 0 atom stereocenters. The van der Waals surface area contributed by atoms with Gasteiger partial charge in [-0.25, -0.2) is 0 Å². The number of aryl methyl sites for hydroxylation is 3. The number of rotatable bonds is 10. The lowest BCUT2D eigenvalue weighted by Gasteiger charge is -2.30. The first kappa shape index (κ1) is 42.6.